The number of aliphatic hydroxyl groups excluding tert-OH is 1. The van der Waals surface area contributed by atoms with E-state index in [0.717, 1.165) is 4.88 Å². The highest BCUT2D eigenvalue weighted by Gasteiger charge is 2.15. The first kappa shape index (κ1) is 18.6. The average Bonchev–Trinajstić information content (AvgIpc) is 3.08. The van der Waals surface area contributed by atoms with Crippen molar-refractivity contribution >= 4 is 27.3 Å². The molecule has 0 spiro atoms. The lowest BCUT2D eigenvalue weighted by Gasteiger charge is -2.11. The molecule has 1 aromatic heterocycles. The van der Waals surface area contributed by atoms with Crippen LogP contribution in [0.5, 0.6) is 0 Å². The molecule has 24 heavy (non-hydrogen) atoms. The summed E-state index contributed by atoms with van der Waals surface area (Å²) in [6.07, 6.45) is 0.635. The quantitative estimate of drug-likeness (QED) is 0.656. The van der Waals surface area contributed by atoms with Gasteiger partial charge >= 0.3 is 0 Å². The normalized spacial score (nSPS) is 12.8. The molecule has 0 aliphatic heterocycles. The number of amides is 1. The Morgan fingerprint density at radius 1 is 1.25 bits per heavy atom. The van der Waals surface area contributed by atoms with Gasteiger partial charge in [-0.3, -0.25) is 4.79 Å². The second-order valence-corrected chi connectivity index (χ2v) is 8.11. The maximum atomic E-state index is 12.2. The molecule has 8 heteroatoms. The van der Waals surface area contributed by atoms with Crippen molar-refractivity contribution in [3.8, 4) is 0 Å². The SMILES string of the molecule is CC(CO)NC(=O)c1ccc(S(=O)(=O)NCCc2cccs2)cc1. The van der Waals surface area contributed by atoms with Crippen LogP contribution in [-0.2, 0) is 16.4 Å². The average molecular weight is 368 g/mol. The van der Waals surface area contributed by atoms with E-state index in [1.807, 2.05) is 17.5 Å². The Kier molecular flexibility index (Phi) is 6.50. The van der Waals surface area contributed by atoms with E-state index in [1.54, 1.807) is 18.3 Å². The largest absolute Gasteiger partial charge is 0.394 e. The Balaban J connectivity index is 1.96. The smallest absolute Gasteiger partial charge is 0.251 e. The minimum absolute atomic E-state index is 0.112. The van der Waals surface area contributed by atoms with E-state index in [4.69, 9.17) is 5.11 Å². The fourth-order valence-electron chi connectivity index (χ4n) is 1.98. The number of hydrogen-bond acceptors (Lipinski definition) is 5. The standard InChI is InChI=1S/C16H20N2O4S2/c1-12(11-19)18-16(20)13-4-6-15(7-5-13)24(21,22)17-9-8-14-3-2-10-23-14/h2-7,10,12,17,19H,8-9,11H2,1H3,(H,18,20). The fourth-order valence-corrected chi connectivity index (χ4v) is 3.73. The molecule has 3 N–H and O–H groups in total. The second kappa shape index (κ2) is 8.39. The number of sulfonamides is 1. The fraction of sp³-hybridized carbons (Fsp3) is 0.312. The molecule has 0 saturated heterocycles. The number of carbonyl (C=O) groups excluding carboxylic acids is 1. The number of carbonyl (C=O) groups is 1. The summed E-state index contributed by atoms with van der Waals surface area (Å²) in [4.78, 5) is 13.1. The third-order valence-electron chi connectivity index (χ3n) is 3.32. The molecule has 2 rings (SSSR count). The summed E-state index contributed by atoms with van der Waals surface area (Å²) in [5.41, 5.74) is 0.341. The minimum atomic E-state index is -3.60. The topological polar surface area (TPSA) is 95.5 Å². The Morgan fingerprint density at radius 3 is 2.54 bits per heavy atom. The van der Waals surface area contributed by atoms with Crippen LogP contribution in [0.15, 0.2) is 46.7 Å². The van der Waals surface area contributed by atoms with Gasteiger partial charge in [0.1, 0.15) is 0 Å². The van der Waals surface area contributed by atoms with Crippen LogP contribution >= 0.6 is 11.3 Å². The summed E-state index contributed by atoms with van der Waals surface area (Å²) >= 11 is 1.58. The molecule has 1 atom stereocenters. The Hall–Kier alpha value is -1.74. The first-order chi connectivity index (χ1) is 11.4. The van der Waals surface area contributed by atoms with Gasteiger partial charge < -0.3 is 10.4 Å². The van der Waals surface area contributed by atoms with Gasteiger partial charge in [-0.15, -0.1) is 11.3 Å². The van der Waals surface area contributed by atoms with Gasteiger partial charge in [0.25, 0.3) is 5.91 Å². The van der Waals surface area contributed by atoms with Crippen LogP contribution in [0, 0.1) is 0 Å². The number of rotatable bonds is 8. The Labute approximate surface area is 145 Å². The van der Waals surface area contributed by atoms with Crippen LogP contribution in [0.2, 0.25) is 0 Å². The summed E-state index contributed by atoms with van der Waals surface area (Å²) in [6, 6.07) is 9.22. The molecule has 0 saturated carbocycles. The van der Waals surface area contributed by atoms with Crippen molar-refractivity contribution in [2.75, 3.05) is 13.2 Å². The molecule has 1 amide bonds. The summed E-state index contributed by atoms with van der Waals surface area (Å²) in [5.74, 6) is -0.355. The van der Waals surface area contributed by atoms with Crippen molar-refractivity contribution in [1.82, 2.24) is 10.0 Å². The molecule has 1 heterocycles. The van der Waals surface area contributed by atoms with E-state index in [-0.39, 0.29) is 23.5 Å². The summed E-state index contributed by atoms with van der Waals surface area (Å²) < 4.78 is 27.0. The van der Waals surface area contributed by atoms with Crippen LogP contribution in [0.4, 0.5) is 0 Å². The summed E-state index contributed by atoms with van der Waals surface area (Å²) in [6.45, 7) is 1.83. The second-order valence-electron chi connectivity index (χ2n) is 5.31. The van der Waals surface area contributed by atoms with Crippen molar-refractivity contribution in [2.24, 2.45) is 0 Å². The van der Waals surface area contributed by atoms with Crippen molar-refractivity contribution < 1.29 is 18.3 Å². The molecule has 2 aromatic rings. The van der Waals surface area contributed by atoms with Crippen molar-refractivity contribution in [3.05, 3.63) is 52.2 Å². The van der Waals surface area contributed by atoms with Gasteiger partial charge in [0.15, 0.2) is 0 Å². The Bertz CT molecular complexity index is 756. The molecule has 1 unspecified atom stereocenters. The highest BCUT2D eigenvalue weighted by Crippen LogP contribution is 2.12. The maximum absolute atomic E-state index is 12.2. The molecule has 0 fully saturated rings. The maximum Gasteiger partial charge on any atom is 0.251 e. The van der Waals surface area contributed by atoms with Gasteiger partial charge in [0.2, 0.25) is 10.0 Å². The van der Waals surface area contributed by atoms with Crippen molar-refractivity contribution in [1.29, 1.82) is 0 Å². The Morgan fingerprint density at radius 2 is 1.96 bits per heavy atom. The van der Waals surface area contributed by atoms with E-state index in [1.165, 1.54) is 24.3 Å². The molecule has 0 aliphatic rings. The minimum Gasteiger partial charge on any atom is -0.394 e. The monoisotopic (exact) mass is 368 g/mol. The lowest BCUT2D eigenvalue weighted by atomic mass is 10.2. The van der Waals surface area contributed by atoms with Gasteiger partial charge in [-0.2, -0.15) is 0 Å². The molecule has 130 valence electrons. The zero-order valence-corrected chi connectivity index (χ0v) is 14.9. The third kappa shape index (κ3) is 5.13. The summed E-state index contributed by atoms with van der Waals surface area (Å²) in [7, 11) is -3.60. The predicted octanol–water partition coefficient (Wildman–Crippen LogP) is 1.38. The van der Waals surface area contributed by atoms with Crippen LogP contribution in [0.3, 0.4) is 0 Å². The van der Waals surface area contributed by atoms with Crippen LogP contribution in [0.1, 0.15) is 22.2 Å². The van der Waals surface area contributed by atoms with E-state index >= 15 is 0 Å². The van der Waals surface area contributed by atoms with Gasteiger partial charge in [-0.25, -0.2) is 13.1 Å². The van der Waals surface area contributed by atoms with Crippen LogP contribution in [-0.4, -0.2) is 38.6 Å². The zero-order chi connectivity index (χ0) is 17.6. The number of nitrogens with one attached hydrogen (secondary N) is 2. The number of aliphatic hydroxyl groups is 1. The lowest BCUT2D eigenvalue weighted by molar-refractivity contribution is 0.0922. The van der Waals surface area contributed by atoms with E-state index in [9.17, 15) is 13.2 Å². The molecule has 0 bridgehead atoms. The molecular weight excluding hydrogens is 348 g/mol. The molecule has 6 nitrogen and oxygen atoms in total. The molecule has 0 aliphatic carbocycles. The van der Waals surface area contributed by atoms with E-state index in [0.29, 0.717) is 18.5 Å². The summed E-state index contributed by atoms with van der Waals surface area (Å²) in [5, 5.41) is 13.5. The first-order valence-corrected chi connectivity index (χ1v) is 9.82. The zero-order valence-electron chi connectivity index (χ0n) is 13.2. The van der Waals surface area contributed by atoms with Gasteiger partial charge in [0, 0.05) is 23.0 Å². The molecular formula is C16H20N2O4S2. The van der Waals surface area contributed by atoms with Crippen LogP contribution < -0.4 is 10.0 Å². The number of hydrogen-bond donors (Lipinski definition) is 3. The van der Waals surface area contributed by atoms with Gasteiger partial charge in [-0.05, 0) is 49.1 Å². The number of benzene rings is 1. The van der Waals surface area contributed by atoms with Gasteiger partial charge in [0.05, 0.1) is 11.5 Å². The van der Waals surface area contributed by atoms with Gasteiger partial charge in [-0.1, -0.05) is 6.07 Å². The van der Waals surface area contributed by atoms with Crippen molar-refractivity contribution in [2.45, 2.75) is 24.3 Å². The van der Waals surface area contributed by atoms with Crippen molar-refractivity contribution in [3.63, 3.8) is 0 Å². The highest BCUT2D eigenvalue weighted by atomic mass is 32.2. The number of thiophene rings is 1. The lowest BCUT2D eigenvalue weighted by Crippen LogP contribution is -2.35. The highest BCUT2D eigenvalue weighted by molar-refractivity contribution is 7.89. The van der Waals surface area contributed by atoms with E-state index < -0.39 is 10.0 Å². The predicted molar refractivity (Wildman–Crippen MR) is 93.7 cm³/mol. The third-order valence-corrected chi connectivity index (χ3v) is 5.73. The molecule has 0 radical (unpaired) electrons. The first-order valence-electron chi connectivity index (χ1n) is 7.46. The van der Waals surface area contributed by atoms with Crippen LogP contribution in [0.25, 0.3) is 0 Å². The molecule has 1 aromatic carbocycles. The van der Waals surface area contributed by atoms with E-state index in [2.05, 4.69) is 10.0 Å².